The lowest BCUT2D eigenvalue weighted by molar-refractivity contribution is 0.465. The lowest BCUT2D eigenvalue weighted by Crippen LogP contribution is -2.27. The van der Waals surface area contributed by atoms with Crippen LogP contribution in [0.25, 0.3) is 0 Å². The van der Waals surface area contributed by atoms with Crippen molar-refractivity contribution >= 4 is 0 Å². The van der Waals surface area contributed by atoms with E-state index in [1.165, 1.54) is 25.2 Å². The van der Waals surface area contributed by atoms with Crippen molar-refractivity contribution in [2.24, 2.45) is 5.92 Å². The van der Waals surface area contributed by atoms with Gasteiger partial charge in [0.15, 0.2) is 0 Å². The number of rotatable bonds is 4. The third kappa shape index (κ3) is 2.36. The van der Waals surface area contributed by atoms with Crippen molar-refractivity contribution in [2.45, 2.75) is 19.4 Å². The third-order valence-corrected chi connectivity index (χ3v) is 2.96. The molecule has 14 heavy (non-hydrogen) atoms. The maximum Gasteiger partial charge on any atom is 0.0444 e. The molecule has 3 heteroatoms. The van der Waals surface area contributed by atoms with Gasteiger partial charge in [-0.2, -0.15) is 0 Å². The van der Waals surface area contributed by atoms with Crippen molar-refractivity contribution < 1.29 is 0 Å². The molecule has 1 aliphatic rings. The van der Waals surface area contributed by atoms with E-state index in [0.29, 0.717) is 6.04 Å². The summed E-state index contributed by atoms with van der Waals surface area (Å²) >= 11 is 0. The van der Waals surface area contributed by atoms with Crippen LogP contribution in [0.4, 0.5) is 0 Å². The molecule has 2 atom stereocenters. The molecule has 1 fully saturated rings. The van der Waals surface area contributed by atoms with Gasteiger partial charge in [0.2, 0.25) is 0 Å². The van der Waals surface area contributed by atoms with E-state index in [1.807, 2.05) is 12.3 Å². The van der Waals surface area contributed by atoms with Crippen LogP contribution in [0, 0.1) is 5.92 Å². The van der Waals surface area contributed by atoms with Gasteiger partial charge in [0.1, 0.15) is 0 Å². The van der Waals surface area contributed by atoms with Crippen LogP contribution in [0.5, 0.6) is 0 Å². The minimum atomic E-state index is 0.436. The highest BCUT2D eigenvalue weighted by molar-refractivity contribution is 5.07. The Morgan fingerprint density at radius 2 is 2.57 bits per heavy atom. The van der Waals surface area contributed by atoms with Crippen LogP contribution < -0.4 is 10.6 Å². The topological polar surface area (TPSA) is 39.8 Å². The van der Waals surface area contributed by atoms with Gasteiger partial charge < -0.3 is 15.6 Å². The molecule has 0 spiro atoms. The van der Waals surface area contributed by atoms with Crippen molar-refractivity contribution in [3.8, 4) is 0 Å². The second-order valence-electron chi connectivity index (χ2n) is 4.11. The van der Waals surface area contributed by atoms with Gasteiger partial charge in [-0.15, -0.1) is 0 Å². The molecule has 78 valence electrons. The van der Waals surface area contributed by atoms with Gasteiger partial charge in [0.25, 0.3) is 0 Å². The molecule has 1 saturated heterocycles. The first-order valence-electron chi connectivity index (χ1n) is 5.43. The van der Waals surface area contributed by atoms with Crippen LogP contribution in [0.3, 0.4) is 0 Å². The zero-order valence-electron chi connectivity index (χ0n) is 8.72. The Kier molecular flexibility index (Phi) is 3.22. The summed E-state index contributed by atoms with van der Waals surface area (Å²) in [6.07, 6.45) is 3.29. The van der Waals surface area contributed by atoms with Crippen molar-refractivity contribution in [1.82, 2.24) is 15.6 Å². The minimum absolute atomic E-state index is 0.436. The molecule has 3 nitrogen and oxygen atoms in total. The Balaban J connectivity index is 1.74. The Hall–Kier alpha value is -0.800. The first kappa shape index (κ1) is 9.74. The van der Waals surface area contributed by atoms with E-state index in [9.17, 15) is 0 Å². The Morgan fingerprint density at radius 3 is 3.21 bits per heavy atom. The predicted octanol–water partition coefficient (Wildman–Crippen LogP) is 1.27. The van der Waals surface area contributed by atoms with Crippen LogP contribution in [0.2, 0.25) is 0 Å². The predicted molar refractivity (Wildman–Crippen MR) is 58.2 cm³/mol. The Bertz CT molecular complexity index is 250. The van der Waals surface area contributed by atoms with E-state index in [2.05, 4.69) is 28.6 Å². The molecule has 0 unspecified atom stereocenters. The number of aromatic amines is 1. The standard InChI is InChI=1S/C11H19N3/c1-9(11-3-2-5-13-11)14-8-10-4-6-12-7-10/h2-3,5,9-10,12-14H,4,6-8H2,1H3/t9-,10-/m1/s1. The van der Waals surface area contributed by atoms with Gasteiger partial charge >= 0.3 is 0 Å². The smallest absolute Gasteiger partial charge is 0.0444 e. The largest absolute Gasteiger partial charge is 0.364 e. The summed E-state index contributed by atoms with van der Waals surface area (Å²) in [6, 6.07) is 4.61. The fraction of sp³-hybridized carbons (Fsp3) is 0.636. The normalized spacial score (nSPS) is 23.9. The lowest BCUT2D eigenvalue weighted by Gasteiger charge is -2.15. The molecule has 3 N–H and O–H groups in total. The summed E-state index contributed by atoms with van der Waals surface area (Å²) in [5.41, 5.74) is 1.27. The average Bonchev–Trinajstić information content (AvgIpc) is 2.87. The molecular formula is C11H19N3. The quantitative estimate of drug-likeness (QED) is 0.674. The molecule has 0 saturated carbocycles. The van der Waals surface area contributed by atoms with Gasteiger partial charge in [0, 0.05) is 17.9 Å². The van der Waals surface area contributed by atoms with Gasteiger partial charge in [0.05, 0.1) is 0 Å². The molecule has 0 bridgehead atoms. The average molecular weight is 193 g/mol. The van der Waals surface area contributed by atoms with E-state index < -0.39 is 0 Å². The molecule has 1 aromatic heterocycles. The third-order valence-electron chi connectivity index (χ3n) is 2.96. The number of nitrogens with one attached hydrogen (secondary N) is 3. The molecule has 0 aliphatic carbocycles. The van der Waals surface area contributed by atoms with Gasteiger partial charge in [-0.25, -0.2) is 0 Å². The molecule has 1 aromatic rings. The zero-order valence-corrected chi connectivity index (χ0v) is 8.72. The van der Waals surface area contributed by atoms with Crippen LogP contribution >= 0.6 is 0 Å². The van der Waals surface area contributed by atoms with E-state index in [4.69, 9.17) is 0 Å². The molecule has 0 aromatic carbocycles. The molecule has 0 amide bonds. The number of H-pyrrole nitrogens is 1. The van der Waals surface area contributed by atoms with Crippen molar-refractivity contribution in [3.05, 3.63) is 24.0 Å². The van der Waals surface area contributed by atoms with Gasteiger partial charge in [-0.05, 0) is 51.0 Å². The summed E-state index contributed by atoms with van der Waals surface area (Å²) < 4.78 is 0. The van der Waals surface area contributed by atoms with Crippen molar-refractivity contribution in [1.29, 1.82) is 0 Å². The van der Waals surface area contributed by atoms with Crippen molar-refractivity contribution in [2.75, 3.05) is 19.6 Å². The van der Waals surface area contributed by atoms with E-state index in [1.54, 1.807) is 0 Å². The molecule has 2 heterocycles. The Morgan fingerprint density at radius 1 is 1.64 bits per heavy atom. The zero-order chi connectivity index (χ0) is 9.80. The Labute approximate surface area is 85.3 Å². The van der Waals surface area contributed by atoms with Gasteiger partial charge in [-0.3, -0.25) is 0 Å². The second-order valence-corrected chi connectivity index (χ2v) is 4.11. The highest BCUT2D eigenvalue weighted by atomic mass is 15.0. The van der Waals surface area contributed by atoms with Crippen LogP contribution in [0.1, 0.15) is 25.1 Å². The highest BCUT2D eigenvalue weighted by Crippen LogP contribution is 2.11. The minimum Gasteiger partial charge on any atom is -0.364 e. The summed E-state index contributed by atoms with van der Waals surface area (Å²) in [5.74, 6) is 0.812. The van der Waals surface area contributed by atoms with Crippen LogP contribution in [-0.4, -0.2) is 24.6 Å². The maximum atomic E-state index is 3.56. The lowest BCUT2D eigenvalue weighted by atomic mass is 10.1. The summed E-state index contributed by atoms with van der Waals surface area (Å²) in [7, 11) is 0. The summed E-state index contributed by atoms with van der Waals surface area (Å²) in [5, 5.41) is 6.94. The van der Waals surface area contributed by atoms with Crippen LogP contribution in [-0.2, 0) is 0 Å². The van der Waals surface area contributed by atoms with Crippen molar-refractivity contribution in [3.63, 3.8) is 0 Å². The number of hydrogen-bond donors (Lipinski definition) is 3. The highest BCUT2D eigenvalue weighted by Gasteiger charge is 2.15. The maximum absolute atomic E-state index is 3.56. The summed E-state index contributed by atoms with van der Waals surface area (Å²) in [6.45, 7) is 5.68. The number of aromatic nitrogens is 1. The van der Waals surface area contributed by atoms with Crippen LogP contribution in [0.15, 0.2) is 18.3 Å². The molecular weight excluding hydrogens is 174 g/mol. The first-order chi connectivity index (χ1) is 6.86. The summed E-state index contributed by atoms with van der Waals surface area (Å²) in [4.78, 5) is 3.23. The molecule has 0 radical (unpaired) electrons. The molecule has 2 rings (SSSR count). The SMILES string of the molecule is C[C@@H](NC[C@@H]1CCNC1)c1ccc[nH]1. The fourth-order valence-electron chi connectivity index (χ4n) is 1.96. The van der Waals surface area contributed by atoms with E-state index in [-0.39, 0.29) is 0 Å². The van der Waals surface area contributed by atoms with E-state index in [0.717, 1.165) is 12.5 Å². The van der Waals surface area contributed by atoms with Gasteiger partial charge in [-0.1, -0.05) is 0 Å². The fourth-order valence-corrected chi connectivity index (χ4v) is 1.96. The second kappa shape index (κ2) is 4.62. The number of hydrogen-bond acceptors (Lipinski definition) is 2. The first-order valence-corrected chi connectivity index (χ1v) is 5.43. The molecule has 1 aliphatic heterocycles. The van der Waals surface area contributed by atoms with E-state index >= 15 is 0 Å². The monoisotopic (exact) mass is 193 g/mol.